The van der Waals surface area contributed by atoms with E-state index in [2.05, 4.69) is 5.32 Å². The molecule has 25 heavy (non-hydrogen) atoms. The highest BCUT2D eigenvalue weighted by Gasteiger charge is 2.13. The van der Waals surface area contributed by atoms with E-state index in [4.69, 9.17) is 49.0 Å². The summed E-state index contributed by atoms with van der Waals surface area (Å²) in [5, 5.41) is 4.74. The molecule has 0 aliphatic heterocycles. The minimum atomic E-state index is 0.304. The van der Waals surface area contributed by atoms with E-state index in [9.17, 15) is 0 Å². The highest BCUT2D eigenvalue weighted by atomic mass is 35.5. The minimum absolute atomic E-state index is 0.304. The molecule has 2 aromatic carbocycles. The summed E-state index contributed by atoms with van der Waals surface area (Å²) in [5.74, 6) is 1.08. The van der Waals surface area contributed by atoms with Crippen molar-refractivity contribution in [2.75, 3.05) is 27.4 Å². The molecule has 0 fully saturated rings. The molecule has 0 spiro atoms. The quantitative estimate of drug-likeness (QED) is 0.599. The highest BCUT2D eigenvalue weighted by molar-refractivity contribution is 6.42. The molecule has 0 aliphatic carbocycles. The van der Waals surface area contributed by atoms with Crippen LogP contribution >= 0.6 is 34.8 Å². The van der Waals surface area contributed by atoms with Gasteiger partial charge in [-0.15, -0.1) is 0 Å². The molecule has 0 bridgehead atoms. The van der Waals surface area contributed by atoms with Gasteiger partial charge in [0.2, 0.25) is 0 Å². The Morgan fingerprint density at radius 1 is 0.920 bits per heavy atom. The molecule has 0 aromatic heterocycles. The molecular weight excluding hydrogens is 385 g/mol. The maximum absolute atomic E-state index is 6.37. The SMILES string of the molecule is COCCNCc1cc(Cl)c(OCc2ccc(Cl)c(Cl)c2)c(OC)c1. The molecule has 0 amide bonds. The van der Waals surface area contributed by atoms with Gasteiger partial charge < -0.3 is 19.5 Å². The first-order chi connectivity index (χ1) is 12.0. The molecule has 4 nitrogen and oxygen atoms in total. The molecule has 0 unspecified atom stereocenters. The highest BCUT2D eigenvalue weighted by Crippen LogP contribution is 2.37. The van der Waals surface area contributed by atoms with E-state index < -0.39 is 0 Å². The number of benzene rings is 2. The largest absolute Gasteiger partial charge is 0.493 e. The van der Waals surface area contributed by atoms with Gasteiger partial charge in [0.1, 0.15) is 6.61 Å². The predicted molar refractivity (Wildman–Crippen MR) is 102 cm³/mol. The van der Waals surface area contributed by atoms with Crippen molar-refractivity contribution in [3.8, 4) is 11.5 Å². The monoisotopic (exact) mass is 403 g/mol. The lowest BCUT2D eigenvalue weighted by molar-refractivity contribution is 0.199. The van der Waals surface area contributed by atoms with Crippen LogP contribution in [0, 0.1) is 0 Å². The Hall–Kier alpha value is -1.17. The van der Waals surface area contributed by atoms with Gasteiger partial charge in [0.15, 0.2) is 11.5 Å². The first-order valence-corrected chi connectivity index (χ1v) is 8.81. The van der Waals surface area contributed by atoms with Crippen LogP contribution in [-0.2, 0) is 17.9 Å². The van der Waals surface area contributed by atoms with Gasteiger partial charge in [-0.1, -0.05) is 40.9 Å². The van der Waals surface area contributed by atoms with Crippen molar-refractivity contribution in [3.63, 3.8) is 0 Å². The van der Waals surface area contributed by atoms with Crippen LogP contribution in [0.4, 0.5) is 0 Å². The summed E-state index contributed by atoms with van der Waals surface area (Å²) >= 11 is 18.3. The van der Waals surface area contributed by atoms with Gasteiger partial charge in [-0.25, -0.2) is 0 Å². The smallest absolute Gasteiger partial charge is 0.180 e. The molecule has 0 atom stereocenters. The van der Waals surface area contributed by atoms with E-state index >= 15 is 0 Å². The average molecular weight is 405 g/mol. The Morgan fingerprint density at radius 3 is 2.36 bits per heavy atom. The molecule has 136 valence electrons. The molecule has 0 radical (unpaired) electrons. The zero-order chi connectivity index (χ0) is 18.2. The molecule has 0 saturated carbocycles. The number of hydrogen-bond donors (Lipinski definition) is 1. The second-order valence-corrected chi connectivity index (χ2v) is 6.54. The van der Waals surface area contributed by atoms with Crippen molar-refractivity contribution in [1.29, 1.82) is 0 Å². The lowest BCUT2D eigenvalue weighted by Crippen LogP contribution is -2.18. The fourth-order valence-corrected chi connectivity index (χ4v) is 2.82. The first-order valence-electron chi connectivity index (χ1n) is 7.68. The number of ether oxygens (including phenoxy) is 3. The summed E-state index contributed by atoms with van der Waals surface area (Å²) in [6, 6.07) is 9.10. The van der Waals surface area contributed by atoms with Crippen molar-refractivity contribution >= 4 is 34.8 Å². The lowest BCUT2D eigenvalue weighted by atomic mass is 10.2. The van der Waals surface area contributed by atoms with Crippen LogP contribution in [0.3, 0.4) is 0 Å². The van der Waals surface area contributed by atoms with Gasteiger partial charge in [0.05, 0.1) is 28.8 Å². The third-order valence-electron chi connectivity index (χ3n) is 3.47. The van der Waals surface area contributed by atoms with Gasteiger partial charge in [-0.3, -0.25) is 0 Å². The fraction of sp³-hybridized carbons (Fsp3) is 0.333. The molecule has 7 heteroatoms. The third kappa shape index (κ3) is 5.94. The molecule has 2 rings (SSSR count). The van der Waals surface area contributed by atoms with Crippen molar-refractivity contribution in [3.05, 3.63) is 56.5 Å². The topological polar surface area (TPSA) is 39.7 Å². The lowest BCUT2D eigenvalue weighted by Gasteiger charge is -2.15. The zero-order valence-electron chi connectivity index (χ0n) is 14.1. The third-order valence-corrected chi connectivity index (χ3v) is 4.49. The summed E-state index contributed by atoms with van der Waals surface area (Å²) < 4.78 is 16.3. The van der Waals surface area contributed by atoms with E-state index in [1.54, 1.807) is 26.4 Å². The number of hydrogen-bond acceptors (Lipinski definition) is 4. The van der Waals surface area contributed by atoms with E-state index in [0.29, 0.717) is 46.3 Å². The normalized spacial score (nSPS) is 10.8. The van der Waals surface area contributed by atoms with Crippen LogP contribution in [0.2, 0.25) is 15.1 Å². The molecule has 0 aliphatic rings. The summed E-state index contributed by atoms with van der Waals surface area (Å²) in [6.45, 7) is 2.37. The average Bonchev–Trinajstić information content (AvgIpc) is 2.60. The summed E-state index contributed by atoms with van der Waals surface area (Å²) in [7, 11) is 3.25. The zero-order valence-corrected chi connectivity index (χ0v) is 16.3. The van der Waals surface area contributed by atoms with E-state index in [0.717, 1.165) is 17.7 Å². The maximum Gasteiger partial charge on any atom is 0.180 e. The Morgan fingerprint density at radius 2 is 1.68 bits per heavy atom. The summed E-state index contributed by atoms with van der Waals surface area (Å²) in [4.78, 5) is 0. The van der Waals surface area contributed by atoms with E-state index in [1.165, 1.54) is 0 Å². The van der Waals surface area contributed by atoms with Crippen LogP contribution < -0.4 is 14.8 Å². The van der Waals surface area contributed by atoms with E-state index in [-0.39, 0.29) is 0 Å². The standard InChI is InChI=1S/C18H20Cl3NO3/c1-23-6-5-22-10-13-8-16(21)18(17(9-13)24-2)25-11-12-3-4-14(19)15(20)7-12/h3-4,7-9,22H,5-6,10-11H2,1-2H3. The maximum atomic E-state index is 6.37. The van der Waals surface area contributed by atoms with Crippen molar-refractivity contribution in [1.82, 2.24) is 5.32 Å². The molecule has 0 saturated heterocycles. The van der Waals surface area contributed by atoms with Crippen LogP contribution in [0.5, 0.6) is 11.5 Å². The Labute approximate surface area is 162 Å². The Kier molecular flexibility index (Phi) is 8.13. The second-order valence-electron chi connectivity index (χ2n) is 5.32. The molecule has 0 heterocycles. The fourth-order valence-electron chi connectivity index (χ4n) is 2.21. The molecule has 2 aromatic rings. The number of nitrogens with one attached hydrogen (secondary N) is 1. The van der Waals surface area contributed by atoms with Crippen LogP contribution in [-0.4, -0.2) is 27.4 Å². The summed E-state index contributed by atoms with van der Waals surface area (Å²) in [6.07, 6.45) is 0. The van der Waals surface area contributed by atoms with Crippen molar-refractivity contribution in [2.24, 2.45) is 0 Å². The van der Waals surface area contributed by atoms with Gasteiger partial charge >= 0.3 is 0 Å². The van der Waals surface area contributed by atoms with Crippen LogP contribution in [0.15, 0.2) is 30.3 Å². The van der Waals surface area contributed by atoms with Crippen LogP contribution in [0.1, 0.15) is 11.1 Å². The number of methoxy groups -OCH3 is 2. The van der Waals surface area contributed by atoms with Crippen molar-refractivity contribution < 1.29 is 14.2 Å². The predicted octanol–water partition coefficient (Wildman–Crippen LogP) is 4.97. The Balaban J connectivity index is 2.07. The van der Waals surface area contributed by atoms with Crippen LogP contribution in [0.25, 0.3) is 0 Å². The minimum Gasteiger partial charge on any atom is -0.493 e. The van der Waals surface area contributed by atoms with Gasteiger partial charge in [0, 0.05) is 20.2 Å². The summed E-state index contributed by atoms with van der Waals surface area (Å²) in [5.41, 5.74) is 1.89. The van der Waals surface area contributed by atoms with E-state index in [1.807, 2.05) is 18.2 Å². The second kappa shape index (κ2) is 10.1. The Bertz CT molecular complexity index is 710. The number of rotatable bonds is 9. The first kappa shape index (κ1) is 20.1. The molecular formula is C18H20Cl3NO3. The van der Waals surface area contributed by atoms with Gasteiger partial charge in [0.25, 0.3) is 0 Å². The van der Waals surface area contributed by atoms with Gasteiger partial charge in [-0.05, 0) is 35.4 Å². The number of halogens is 3. The van der Waals surface area contributed by atoms with Crippen molar-refractivity contribution in [2.45, 2.75) is 13.2 Å². The van der Waals surface area contributed by atoms with Gasteiger partial charge in [-0.2, -0.15) is 0 Å². The molecule has 1 N–H and O–H groups in total.